The van der Waals surface area contributed by atoms with E-state index in [1.807, 2.05) is 24.3 Å². The summed E-state index contributed by atoms with van der Waals surface area (Å²) in [4.78, 5) is 4.52. The lowest BCUT2D eigenvalue weighted by atomic mass is 10.2. The van der Waals surface area contributed by atoms with Crippen LogP contribution in [0.2, 0.25) is 0 Å². The van der Waals surface area contributed by atoms with Gasteiger partial charge in [0.25, 0.3) is 0 Å². The van der Waals surface area contributed by atoms with E-state index < -0.39 is 9.84 Å². The number of aliphatic imine (C=N–C) groups is 1. The topological polar surface area (TPSA) is 93.8 Å². The van der Waals surface area contributed by atoms with Gasteiger partial charge in [0.1, 0.15) is 5.75 Å². The highest BCUT2D eigenvalue weighted by molar-refractivity contribution is 14.0. The zero-order valence-electron chi connectivity index (χ0n) is 13.4. The maximum absolute atomic E-state index is 11.4. The first-order valence-electron chi connectivity index (χ1n) is 6.89. The van der Waals surface area contributed by atoms with Crippen molar-refractivity contribution in [3.63, 3.8) is 0 Å². The molecule has 0 bridgehead atoms. The molecular weight excluding hydrogens is 441 g/mol. The summed E-state index contributed by atoms with van der Waals surface area (Å²) < 4.78 is 28.0. The summed E-state index contributed by atoms with van der Waals surface area (Å²) in [6, 6.07) is 13.9. The molecule has 0 radical (unpaired) electrons. The predicted octanol–water partition coefficient (Wildman–Crippen LogP) is 2.64. The van der Waals surface area contributed by atoms with Crippen molar-refractivity contribution in [3.8, 4) is 5.75 Å². The number of hydrogen-bond donors (Lipinski definition) is 2. The van der Waals surface area contributed by atoms with E-state index in [1.165, 1.54) is 6.26 Å². The molecule has 24 heavy (non-hydrogen) atoms. The van der Waals surface area contributed by atoms with Gasteiger partial charge in [0.2, 0.25) is 0 Å². The lowest BCUT2D eigenvalue weighted by Gasteiger charge is -2.10. The van der Waals surface area contributed by atoms with Crippen molar-refractivity contribution in [1.82, 2.24) is 0 Å². The molecule has 3 N–H and O–H groups in total. The molecule has 0 aliphatic heterocycles. The fourth-order valence-corrected chi connectivity index (χ4v) is 2.57. The number of sulfone groups is 1. The molecule has 0 aromatic heterocycles. The molecule has 8 heteroatoms. The van der Waals surface area contributed by atoms with Crippen molar-refractivity contribution >= 4 is 45.5 Å². The molecule has 0 unspecified atom stereocenters. The quantitative estimate of drug-likeness (QED) is 0.406. The molecule has 2 rings (SSSR count). The summed E-state index contributed by atoms with van der Waals surface area (Å²) in [5.41, 5.74) is 7.45. The van der Waals surface area contributed by atoms with E-state index in [1.54, 1.807) is 31.4 Å². The molecule has 2 aromatic rings. The van der Waals surface area contributed by atoms with E-state index in [4.69, 9.17) is 10.5 Å². The van der Waals surface area contributed by atoms with Crippen molar-refractivity contribution in [1.29, 1.82) is 0 Å². The number of nitrogens with two attached hydrogens (primary N) is 1. The third-order valence-corrected chi connectivity index (χ3v) is 4.28. The highest BCUT2D eigenvalue weighted by Gasteiger charge is 2.06. The van der Waals surface area contributed by atoms with Gasteiger partial charge < -0.3 is 15.8 Å². The standard InChI is InChI=1S/C16H19N3O3S.HI/c1-22-15-6-4-3-5-14(15)19-16(17)18-11-12-7-9-13(10-8-12)23(2,20)21;/h3-10H,11H2,1-2H3,(H3,17,18,19);1H. The summed E-state index contributed by atoms with van der Waals surface area (Å²) in [6.07, 6.45) is 1.18. The third-order valence-electron chi connectivity index (χ3n) is 3.15. The van der Waals surface area contributed by atoms with E-state index >= 15 is 0 Å². The number of rotatable bonds is 5. The number of hydrogen-bond acceptors (Lipinski definition) is 4. The van der Waals surface area contributed by atoms with Gasteiger partial charge in [-0.2, -0.15) is 0 Å². The number of anilines is 1. The van der Waals surface area contributed by atoms with E-state index in [0.29, 0.717) is 12.3 Å². The monoisotopic (exact) mass is 461 g/mol. The Morgan fingerprint density at radius 3 is 2.38 bits per heavy atom. The van der Waals surface area contributed by atoms with Crippen molar-refractivity contribution in [2.24, 2.45) is 10.7 Å². The van der Waals surface area contributed by atoms with E-state index in [9.17, 15) is 8.42 Å². The SMILES string of the molecule is COc1ccccc1NC(N)=NCc1ccc(S(C)(=O)=O)cc1.I. The van der Waals surface area contributed by atoms with Gasteiger partial charge in [-0.3, -0.25) is 0 Å². The van der Waals surface area contributed by atoms with Crippen LogP contribution in [0.1, 0.15) is 5.56 Å². The lowest BCUT2D eigenvalue weighted by molar-refractivity contribution is 0.417. The summed E-state index contributed by atoms with van der Waals surface area (Å²) in [6.45, 7) is 0.345. The second-order valence-electron chi connectivity index (χ2n) is 4.94. The first-order chi connectivity index (χ1) is 10.9. The Kier molecular flexibility index (Phi) is 7.49. The normalized spacial score (nSPS) is 11.5. The Bertz CT molecular complexity index is 806. The van der Waals surface area contributed by atoms with Crippen LogP contribution >= 0.6 is 24.0 Å². The van der Waals surface area contributed by atoms with Crippen molar-refractivity contribution in [2.45, 2.75) is 11.4 Å². The highest BCUT2D eigenvalue weighted by Crippen LogP contribution is 2.22. The number of benzene rings is 2. The molecule has 0 amide bonds. The third kappa shape index (κ3) is 5.68. The number of para-hydroxylation sites is 2. The second kappa shape index (κ2) is 8.88. The van der Waals surface area contributed by atoms with Crippen molar-refractivity contribution in [3.05, 3.63) is 54.1 Å². The molecule has 2 aromatic carbocycles. The Hall–Kier alpha value is -1.81. The Labute approximate surface area is 159 Å². The van der Waals surface area contributed by atoms with E-state index in [2.05, 4.69) is 10.3 Å². The zero-order chi connectivity index (χ0) is 16.9. The molecule has 6 nitrogen and oxygen atoms in total. The minimum Gasteiger partial charge on any atom is -0.495 e. The number of guanidine groups is 1. The van der Waals surface area contributed by atoms with Crippen LogP contribution in [0.4, 0.5) is 5.69 Å². The van der Waals surface area contributed by atoms with Gasteiger partial charge in [0, 0.05) is 6.26 Å². The fraction of sp³-hybridized carbons (Fsp3) is 0.188. The Morgan fingerprint density at radius 2 is 1.79 bits per heavy atom. The van der Waals surface area contributed by atoms with Crippen LogP contribution in [-0.2, 0) is 16.4 Å². The van der Waals surface area contributed by atoms with Gasteiger partial charge in [-0.25, -0.2) is 13.4 Å². The van der Waals surface area contributed by atoms with Crippen LogP contribution in [0.5, 0.6) is 5.75 Å². The molecule has 0 atom stereocenters. The first-order valence-corrected chi connectivity index (χ1v) is 8.78. The number of ether oxygens (including phenoxy) is 1. The molecule has 0 aliphatic rings. The minimum absolute atomic E-state index is 0. The van der Waals surface area contributed by atoms with Crippen LogP contribution in [0, 0.1) is 0 Å². The number of halogens is 1. The summed E-state index contributed by atoms with van der Waals surface area (Å²) in [5, 5.41) is 2.97. The summed E-state index contributed by atoms with van der Waals surface area (Å²) in [7, 11) is -1.61. The van der Waals surface area contributed by atoms with Crippen LogP contribution in [0.3, 0.4) is 0 Å². The first kappa shape index (κ1) is 20.2. The molecule has 0 fully saturated rings. The van der Waals surface area contributed by atoms with Gasteiger partial charge >= 0.3 is 0 Å². The number of methoxy groups -OCH3 is 1. The van der Waals surface area contributed by atoms with Crippen molar-refractivity contribution in [2.75, 3.05) is 18.7 Å². The molecule has 130 valence electrons. The van der Waals surface area contributed by atoms with Gasteiger partial charge in [-0.1, -0.05) is 24.3 Å². The maximum atomic E-state index is 11.4. The molecule has 0 saturated carbocycles. The van der Waals surface area contributed by atoms with E-state index in [-0.39, 0.29) is 34.8 Å². The second-order valence-corrected chi connectivity index (χ2v) is 6.96. The van der Waals surface area contributed by atoms with Crippen LogP contribution in [0.25, 0.3) is 0 Å². The molecular formula is C16H20IN3O3S. The molecule has 0 spiro atoms. The maximum Gasteiger partial charge on any atom is 0.193 e. The smallest absolute Gasteiger partial charge is 0.193 e. The van der Waals surface area contributed by atoms with Gasteiger partial charge in [-0.15, -0.1) is 24.0 Å². The fourth-order valence-electron chi connectivity index (χ4n) is 1.94. The minimum atomic E-state index is -3.19. The van der Waals surface area contributed by atoms with Crippen LogP contribution in [0.15, 0.2) is 58.4 Å². The van der Waals surface area contributed by atoms with Crippen molar-refractivity contribution < 1.29 is 13.2 Å². The average molecular weight is 461 g/mol. The summed E-state index contributed by atoms with van der Waals surface area (Å²) in [5.74, 6) is 0.921. The zero-order valence-corrected chi connectivity index (χ0v) is 16.5. The summed E-state index contributed by atoms with van der Waals surface area (Å²) >= 11 is 0. The van der Waals surface area contributed by atoms with Crippen LogP contribution in [-0.4, -0.2) is 27.7 Å². The molecule has 0 heterocycles. The van der Waals surface area contributed by atoms with Gasteiger partial charge in [0.05, 0.1) is 24.2 Å². The number of nitrogens with zero attached hydrogens (tertiary/aromatic N) is 1. The lowest BCUT2D eigenvalue weighted by Crippen LogP contribution is -2.22. The average Bonchev–Trinajstić information content (AvgIpc) is 2.53. The number of nitrogens with one attached hydrogen (secondary N) is 1. The predicted molar refractivity (Wildman–Crippen MR) is 107 cm³/mol. The van der Waals surface area contributed by atoms with E-state index in [0.717, 1.165) is 11.3 Å². The highest BCUT2D eigenvalue weighted by atomic mass is 127. The van der Waals surface area contributed by atoms with Crippen LogP contribution < -0.4 is 15.8 Å². The van der Waals surface area contributed by atoms with Gasteiger partial charge in [-0.05, 0) is 29.8 Å². The molecule has 0 aliphatic carbocycles. The largest absolute Gasteiger partial charge is 0.495 e. The van der Waals surface area contributed by atoms with Gasteiger partial charge in [0.15, 0.2) is 15.8 Å². The molecule has 0 saturated heterocycles. The Balaban J connectivity index is 0.00000288. The Morgan fingerprint density at radius 1 is 1.17 bits per heavy atom.